The van der Waals surface area contributed by atoms with Crippen molar-refractivity contribution in [1.82, 2.24) is 25.3 Å². The number of halogens is 3. The molecule has 1 saturated carbocycles. The van der Waals surface area contributed by atoms with Crippen molar-refractivity contribution in [2.45, 2.75) is 31.0 Å². The molecule has 0 aliphatic heterocycles. The van der Waals surface area contributed by atoms with E-state index in [9.17, 15) is 27.9 Å². The van der Waals surface area contributed by atoms with E-state index in [2.05, 4.69) is 20.6 Å². The molecule has 1 aliphatic rings. The summed E-state index contributed by atoms with van der Waals surface area (Å²) in [5.41, 5.74) is -2.37. The summed E-state index contributed by atoms with van der Waals surface area (Å²) in [6.45, 7) is 0. The molecule has 2 N–H and O–H groups in total. The number of carboxylic acid groups (broad SMARTS) is 1. The summed E-state index contributed by atoms with van der Waals surface area (Å²) in [4.78, 5) is 27.0. The average molecular weight is 355 g/mol. The molecule has 0 saturated heterocycles. The Labute approximate surface area is 138 Å². The van der Waals surface area contributed by atoms with Gasteiger partial charge in [0.2, 0.25) is 0 Å². The number of carboxylic acids is 1. The highest BCUT2D eigenvalue weighted by Gasteiger charge is 2.46. The van der Waals surface area contributed by atoms with Gasteiger partial charge in [0.25, 0.3) is 5.91 Å². The largest absolute Gasteiger partial charge is 0.480 e. The summed E-state index contributed by atoms with van der Waals surface area (Å²) in [6, 6.07) is 1.92. The van der Waals surface area contributed by atoms with Crippen molar-refractivity contribution in [2.75, 3.05) is 0 Å². The lowest BCUT2D eigenvalue weighted by Gasteiger charge is -2.37. The second-order valence-electron chi connectivity index (χ2n) is 5.65. The third-order valence-electron chi connectivity index (χ3n) is 4.01. The molecule has 8 nitrogen and oxygen atoms in total. The van der Waals surface area contributed by atoms with Crippen LogP contribution in [0.2, 0.25) is 0 Å². The first kappa shape index (κ1) is 16.9. The Kier molecular flexibility index (Phi) is 3.93. The first-order chi connectivity index (χ1) is 11.7. The number of carbonyl (C=O) groups excluding carboxylic acids is 1. The molecular weight excluding hydrogens is 343 g/mol. The van der Waals surface area contributed by atoms with Crippen LogP contribution in [0.15, 0.2) is 24.5 Å². The van der Waals surface area contributed by atoms with Crippen LogP contribution in [0.1, 0.15) is 35.3 Å². The molecule has 11 heteroatoms. The van der Waals surface area contributed by atoms with E-state index in [1.807, 2.05) is 0 Å². The van der Waals surface area contributed by atoms with Gasteiger partial charge in [0, 0.05) is 6.20 Å². The van der Waals surface area contributed by atoms with E-state index in [4.69, 9.17) is 0 Å². The lowest BCUT2D eigenvalue weighted by molar-refractivity contribution is -0.148. The van der Waals surface area contributed by atoms with E-state index in [0.717, 1.165) is 16.8 Å². The van der Waals surface area contributed by atoms with Crippen LogP contribution in [0, 0.1) is 0 Å². The summed E-state index contributed by atoms with van der Waals surface area (Å²) in [6.07, 6.45) is -1.36. The number of amides is 1. The molecule has 0 unspecified atom stereocenters. The summed E-state index contributed by atoms with van der Waals surface area (Å²) in [5.74, 6) is -1.81. The Morgan fingerprint density at radius 2 is 2.00 bits per heavy atom. The zero-order valence-electron chi connectivity index (χ0n) is 12.6. The third kappa shape index (κ3) is 3.16. The van der Waals surface area contributed by atoms with E-state index in [-0.39, 0.29) is 11.5 Å². The first-order valence-corrected chi connectivity index (χ1v) is 7.23. The monoisotopic (exact) mass is 355 g/mol. The van der Waals surface area contributed by atoms with Gasteiger partial charge in [0.1, 0.15) is 5.54 Å². The van der Waals surface area contributed by atoms with Gasteiger partial charge in [0.05, 0.1) is 11.8 Å². The van der Waals surface area contributed by atoms with Crippen LogP contribution >= 0.6 is 0 Å². The van der Waals surface area contributed by atoms with Gasteiger partial charge in [-0.1, -0.05) is 5.21 Å². The SMILES string of the molecule is O=C(NC1(C(=O)O)CCC1)c1cn(-c2ccc(C(F)(F)F)cn2)nn1. The van der Waals surface area contributed by atoms with Crippen molar-refractivity contribution >= 4 is 11.9 Å². The molecule has 1 amide bonds. The lowest BCUT2D eigenvalue weighted by atomic mass is 9.76. The number of nitrogens with zero attached hydrogens (tertiary/aromatic N) is 4. The van der Waals surface area contributed by atoms with Crippen LogP contribution in [0.3, 0.4) is 0 Å². The summed E-state index contributed by atoms with van der Waals surface area (Å²) in [5, 5.41) is 18.9. The number of alkyl halides is 3. The number of rotatable bonds is 4. The van der Waals surface area contributed by atoms with E-state index in [1.165, 1.54) is 6.20 Å². The smallest absolute Gasteiger partial charge is 0.417 e. The van der Waals surface area contributed by atoms with Crippen molar-refractivity contribution in [3.8, 4) is 5.82 Å². The Morgan fingerprint density at radius 1 is 1.28 bits per heavy atom. The second-order valence-corrected chi connectivity index (χ2v) is 5.65. The van der Waals surface area contributed by atoms with Crippen LogP contribution in [0.25, 0.3) is 5.82 Å². The van der Waals surface area contributed by atoms with Crippen molar-refractivity contribution < 1.29 is 27.9 Å². The van der Waals surface area contributed by atoms with Crippen molar-refractivity contribution in [3.05, 3.63) is 35.8 Å². The molecular formula is C14H12F3N5O3. The Morgan fingerprint density at radius 3 is 2.48 bits per heavy atom. The van der Waals surface area contributed by atoms with Gasteiger partial charge in [0.15, 0.2) is 11.5 Å². The standard InChI is InChI=1S/C14H12F3N5O3/c15-14(16,17)8-2-3-10(18-6-8)22-7-9(20-21-22)11(23)19-13(12(24)25)4-1-5-13/h2-3,6-7H,1,4-5H2,(H,19,23)(H,24,25). The number of hydrogen-bond donors (Lipinski definition) is 2. The first-order valence-electron chi connectivity index (χ1n) is 7.23. The van der Waals surface area contributed by atoms with Crippen LogP contribution in [0.4, 0.5) is 13.2 Å². The molecule has 2 heterocycles. The van der Waals surface area contributed by atoms with Crippen LogP contribution in [0.5, 0.6) is 0 Å². The minimum atomic E-state index is -4.51. The fourth-order valence-corrected chi connectivity index (χ4v) is 2.37. The molecule has 1 fully saturated rings. The fourth-order valence-electron chi connectivity index (χ4n) is 2.37. The van der Waals surface area contributed by atoms with Crippen LogP contribution < -0.4 is 5.32 Å². The van der Waals surface area contributed by atoms with Crippen LogP contribution in [-0.4, -0.2) is 42.5 Å². The molecule has 0 atom stereocenters. The fraction of sp³-hybridized carbons (Fsp3) is 0.357. The number of aromatic nitrogens is 4. The second kappa shape index (κ2) is 5.83. The van der Waals surface area contributed by atoms with Gasteiger partial charge in [-0.2, -0.15) is 13.2 Å². The Bertz CT molecular complexity index is 812. The minimum absolute atomic E-state index is 0.0381. The summed E-state index contributed by atoms with van der Waals surface area (Å²) in [7, 11) is 0. The maximum atomic E-state index is 12.5. The van der Waals surface area contributed by atoms with Gasteiger partial charge in [-0.25, -0.2) is 14.5 Å². The molecule has 1 aliphatic carbocycles. The molecule has 132 valence electrons. The summed E-state index contributed by atoms with van der Waals surface area (Å²) >= 11 is 0. The maximum absolute atomic E-state index is 12.5. The zero-order chi connectivity index (χ0) is 18.2. The minimum Gasteiger partial charge on any atom is -0.480 e. The average Bonchev–Trinajstić information content (AvgIpc) is 2.99. The number of hydrogen-bond acceptors (Lipinski definition) is 5. The number of nitrogens with one attached hydrogen (secondary N) is 1. The maximum Gasteiger partial charge on any atom is 0.417 e. The van der Waals surface area contributed by atoms with Crippen molar-refractivity contribution in [3.63, 3.8) is 0 Å². The zero-order valence-corrected chi connectivity index (χ0v) is 12.6. The van der Waals surface area contributed by atoms with E-state index >= 15 is 0 Å². The van der Waals surface area contributed by atoms with E-state index in [0.29, 0.717) is 25.5 Å². The Hall–Kier alpha value is -2.98. The highest BCUT2D eigenvalue weighted by molar-refractivity contribution is 5.96. The molecule has 0 bridgehead atoms. The molecule has 0 spiro atoms. The van der Waals surface area contributed by atoms with Gasteiger partial charge >= 0.3 is 12.1 Å². The predicted molar refractivity (Wildman–Crippen MR) is 75.8 cm³/mol. The van der Waals surface area contributed by atoms with Gasteiger partial charge < -0.3 is 10.4 Å². The molecule has 25 heavy (non-hydrogen) atoms. The van der Waals surface area contributed by atoms with E-state index in [1.54, 1.807) is 0 Å². The topological polar surface area (TPSA) is 110 Å². The van der Waals surface area contributed by atoms with Gasteiger partial charge in [-0.15, -0.1) is 5.10 Å². The number of carbonyl (C=O) groups is 2. The quantitative estimate of drug-likeness (QED) is 0.858. The predicted octanol–water partition coefficient (Wildman–Crippen LogP) is 1.42. The van der Waals surface area contributed by atoms with Gasteiger partial charge in [-0.3, -0.25) is 4.79 Å². The number of aliphatic carboxylic acids is 1. The van der Waals surface area contributed by atoms with Crippen molar-refractivity contribution in [1.29, 1.82) is 0 Å². The molecule has 0 aromatic carbocycles. The molecule has 2 aromatic heterocycles. The molecule has 3 rings (SSSR count). The van der Waals surface area contributed by atoms with Crippen LogP contribution in [-0.2, 0) is 11.0 Å². The molecule has 0 radical (unpaired) electrons. The van der Waals surface area contributed by atoms with Gasteiger partial charge in [-0.05, 0) is 31.4 Å². The Balaban J connectivity index is 1.76. The normalized spacial score (nSPS) is 16.1. The highest BCUT2D eigenvalue weighted by Crippen LogP contribution is 2.32. The van der Waals surface area contributed by atoms with Crippen molar-refractivity contribution in [2.24, 2.45) is 0 Å². The highest BCUT2D eigenvalue weighted by atomic mass is 19.4. The molecule has 2 aromatic rings. The third-order valence-corrected chi connectivity index (χ3v) is 4.01. The number of pyridine rings is 1. The van der Waals surface area contributed by atoms with E-state index < -0.39 is 29.2 Å². The summed E-state index contributed by atoms with van der Waals surface area (Å²) < 4.78 is 38.6. The lowest BCUT2D eigenvalue weighted by Crippen LogP contribution is -2.59.